The second-order valence-corrected chi connectivity index (χ2v) is 7.19. The molecule has 0 bridgehead atoms. The van der Waals surface area contributed by atoms with Crippen LogP contribution in [-0.4, -0.2) is 67.2 Å². The van der Waals surface area contributed by atoms with Crippen LogP contribution < -0.4 is 4.90 Å². The van der Waals surface area contributed by atoms with Gasteiger partial charge in [0.15, 0.2) is 0 Å². The van der Waals surface area contributed by atoms with Crippen molar-refractivity contribution in [2.45, 2.75) is 46.1 Å². The van der Waals surface area contributed by atoms with Crippen LogP contribution in [0.1, 0.15) is 51.0 Å². The van der Waals surface area contributed by atoms with Crippen LogP contribution in [0.2, 0.25) is 0 Å². The molecule has 0 aliphatic carbocycles. The number of anilines is 1. The number of carbonyl (C=O) groups is 1. The Kier molecular flexibility index (Phi) is 5.43. The van der Waals surface area contributed by atoms with Crippen LogP contribution >= 0.6 is 0 Å². The first-order chi connectivity index (χ1) is 12.4. The Labute approximate surface area is 153 Å². The highest BCUT2D eigenvalue weighted by Gasteiger charge is 2.23. The molecule has 9 heteroatoms. The van der Waals surface area contributed by atoms with E-state index in [9.17, 15) is 4.79 Å². The number of nitrogens with zero attached hydrogens (tertiary/aromatic N) is 8. The summed E-state index contributed by atoms with van der Waals surface area (Å²) < 4.78 is 1.45. The quantitative estimate of drug-likeness (QED) is 0.789. The average molecular weight is 358 g/mol. The molecule has 26 heavy (non-hydrogen) atoms. The minimum absolute atomic E-state index is 0.0328. The molecule has 1 fully saturated rings. The number of amides is 1. The van der Waals surface area contributed by atoms with E-state index in [1.807, 2.05) is 4.90 Å². The Hall–Kier alpha value is -2.58. The molecule has 0 unspecified atom stereocenters. The fourth-order valence-electron chi connectivity index (χ4n) is 2.86. The van der Waals surface area contributed by atoms with E-state index in [0.717, 1.165) is 30.4 Å². The Bertz CT molecular complexity index is 709. The molecule has 1 amide bonds. The number of rotatable bonds is 5. The molecule has 0 radical (unpaired) electrons. The summed E-state index contributed by atoms with van der Waals surface area (Å²) in [5.74, 6) is 2.51. The smallest absolute Gasteiger partial charge is 0.244 e. The highest BCUT2D eigenvalue weighted by atomic mass is 16.2. The van der Waals surface area contributed by atoms with Crippen molar-refractivity contribution in [1.29, 1.82) is 0 Å². The molecule has 0 saturated carbocycles. The molecule has 2 aromatic rings. The van der Waals surface area contributed by atoms with Gasteiger partial charge in [0.2, 0.25) is 5.91 Å². The predicted octanol–water partition coefficient (Wildman–Crippen LogP) is 1.06. The normalized spacial score (nSPS) is 15.2. The van der Waals surface area contributed by atoms with Crippen LogP contribution in [0.4, 0.5) is 5.82 Å². The van der Waals surface area contributed by atoms with Crippen molar-refractivity contribution in [2.75, 3.05) is 31.1 Å². The van der Waals surface area contributed by atoms with E-state index in [4.69, 9.17) is 4.98 Å². The lowest BCUT2D eigenvalue weighted by Crippen LogP contribution is -2.50. The maximum atomic E-state index is 12.4. The number of aromatic nitrogens is 6. The zero-order valence-electron chi connectivity index (χ0n) is 15.8. The van der Waals surface area contributed by atoms with Crippen LogP contribution in [0.25, 0.3) is 0 Å². The maximum absolute atomic E-state index is 12.4. The van der Waals surface area contributed by atoms with Gasteiger partial charge in [0.05, 0.1) is 0 Å². The third-order valence-corrected chi connectivity index (χ3v) is 4.50. The lowest BCUT2D eigenvalue weighted by Gasteiger charge is -2.35. The second-order valence-electron chi connectivity index (χ2n) is 7.19. The Morgan fingerprint density at radius 2 is 1.81 bits per heavy atom. The van der Waals surface area contributed by atoms with E-state index in [0.29, 0.717) is 19.0 Å². The molecule has 3 rings (SSSR count). The summed E-state index contributed by atoms with van der Waals surface area (Å²) in [5, 5.41) is 10.9. The third-order valence-electron chi connectivity index (χ3n) is 4.50. The summed E-state index contributed by atoms with van der Waals surface area (Å²) in [6.07, 6.45) is 1.45. The van der Waals surface area contributed by atoms with Crippen LogP contribution in [0.5, 0.6) is 0 Å². The van der Waals surface area contributed by atoms with Crippen molar-refractivity contribution in [3.8, 4) is 0 Å². The van der Waals surface area contributed by atoms with Crippen molar-refractivity contribution >= 4 is 11.7 Å². The van der Waals surface area contributed by atoms with Crippen LogP contribution in [0, 0.1) is 0 Å². The largest absolute Gasteiger partial charge is 0.353 e. The van der Waals surface area contributed by atoms with Crippen molar-refractivity contribution in [3.05, 3.63) is 23.9 Å². The molecular formula is C17H26N8O. The SMILES string of the molecule is CC(C)c1cc(N2CCN(C(=O)Cn3cnnn3)CC2)nc(C(C)C)n1. The first-order valence-corrected chi connectivity index (χ1v) is 9.06. The minimum Gasteiger partial charge on any atom is -0.353 e. The second kappa shape index (κ2) is 7.76. The molecule has 0 spiro atoms. The summed E-state index contributed by atoms with van der Waals surface area (Å²) in [5.41, 5.74) is 1.07. The van der Waals surface area contributed by atoms with E-state index in [2.05, 4.69) is 59.2 Å². The van der Waals surface area contributed by atoms with E-state index in [-0.39, 0.29) is 18.4 Å². The van der Waals surface area contributed by atoms with Gasteiger partial charge in [-0.1, -0.05) is 27.7 Å². The summed E-state index contributed by atoms with van der Waals surface area (Å²) in [4.78, 5) is 25.9. The standard InChI is InChI=1S/C17H26N8O/c1-12(2)14-9-15(20-17(19-14)13(3)4)23-5-7-24(8-6-23)16(26)10-25-11-18-21-22-25/h9,11-13H,5-8,10H2,1-4H3. The fourth-order valence-corrected chi connectivity index (χ4v) is 2.86. The predicted molar refractivity (Wildman–Crippen MR) is 96.8 cm³/mol. The van der Waals surface area contributed by atoms with Crippen molar-refractivity contribution in [3.63, 3.8) is 0 Å². The van der Waals surface area contributed by atoms with Crippen molar-refractivity contribution < 1.29 is 4.79 Å². The molecule has 0 N–H and O–H groups in total. The summed E-state index contributed by atoms with van der Waals surface area (Å²) in [6, 6.07) is 2.08. The lowest BCUT2D eigenvalue weighted by atomic mass is 10.1. The molecular weight excluding hydrogens is 332 g/mol. The Morgan fingerprint density at radius 1 is 1.08 bits per heavy atom. The van der Waals surface area contributed by atoms with E-state index >= 15 is 0 Å². The van der Waals surface area contributed by atoms with E-state index < -0.39 is 0 Å². The number of carbonyl (C=O) groups excluding carboxylic acids is 1. The Balaban J connectivity index is 1.66. The van der Waals surface area contributed by atoms with Gasteiger partial charge in [-0.3, -0.25) is 4.79 Å². The summed E-state index contributed by atoms with van der Waals surface area (Å²) in [6.45, 7) is 11.5. The highest BCUT2D eigenvalue weighted by molar-refractivity contribution is 5.76. The van der Waals surface area contributed by atoms with Gasteiger partial charge < -0.3 is 9.80 Å². The zero-order chi connectivity index (χ0) is 18.7. The van der Waals surface area contributed by atoms with Crippen LogP contribution in [-0.2, 0) is 11.3 Å². The molecule has 2 aromatic heterocycles. The van der Waals surface area contributed by atoms with Crippen LogP contribution in [0.3, 0.4) is 0 Å². The van der Waals surface area contributed by atoms with Gasteiger partial charge >= 0.3 is 0 Å². The zero-order valence-corrected chi connectivity index (χ0v) is 15.8. The van der Waals surface area contributed by atoms with Crippen molar-refractivity contribution in [1.82, 2.24) is 35.1 Å². The molecule has 1 aliphatic rings. The van der Waals surface area contributed by atoms with Gasteiger partial charge in [-0.15, -0.1) is 5.10 Å². The van der Waals surface area contributed by atoms with Gasteiger partial charge in [-0.2, -0.15) is 0 Å². The molecule has 3 heterocycles. The van der Waals surface area contributed by atoms with Gasteiger partial charge in [-0.05, 0) is 16.3 Å². The van der Waals surface area contributed by atoms with E-state index in [1.54, 1.807) is 0 Å². The first kappa shape index (κ1) is 18.2. The minimum atomic E-state index is 0.0328. The highest BCUT2D eigenvalue weighted by Crippen LogP contribution is 2.22. The lowest BCUT2D eigenvalue weighted by molar-refractivity contribution is -0.132. The van der Waals surface area contributed by atoms with Gasteiger partial charge in [0.1, 0.15) is 24.5 Å². The fraction of sp³-hybridized carbons (Fsp3) is 0.647. The van der Waals surface area contributed by atoms with Gasteiger partial charge in [0, 0.05) is 43.9 Å². The molecule has 1 aliphatic heterocycles. The van der Waals surface area contributed by atoms with Gasteiger partial charge in [0.25, 0.3) is 0 Å². The Morgan fingerprint density at radius 3 is 2.38 bits per heavy atom. The number of tetrazole rings is 1. The molecule has 9 nitrogen and oxygen atoms in total. The first-order valence-electron chi connectivity index (χ1n) is 9.06. The van der Waals surface area contributed by atoms with Crippen LogP contribution in [0.15, 0.2) is 12.4 Å². The summed E-state index contributed by atoms with van der Waals surface area (Å²) >= 11 is 0. The monoisotopic (exact) mass is 358 g/mol. The number of piperazine rings is 1. The average Bonchev–Trinajstić information content (AvgIpc) is 3.14. The number of hydrogen-bond donors (Lipinski definition) is 0. The van der Waals surface area contributed by atoms with E-state index in [1.165, 1.54) is 11.0 Å². The molecule has 140 valence electrons. The maximum Gasteiger partial charge on any atom is 0.244 e. The summed E-state index contributed by atoms with van der Waals surface area (Å²) in [7, 11) is 0. The van der Waals surface area contributed by atoms with Gasteiger partial charge in [-0.25, -0.2) is 14.6 Å². The molecule has 0 aromatic carbocycles. The van der Waals surface area contributed by atoms with Crippen molar-refractivity contribution in [2.24, 2.45) is 0 Å². The molecule has 1 saturated heterocycles. The topological polar surface area (TPSA) is 92.9 Å². The third kappa shape index (κ3) is 4.14. The molecule has 0 atom stereocenters. The number of hydrogen-bond acceptors (Lipinski definition) is 7.